The van der Waals surface area contributed by atoms with Gasteiger partial charge in [0.1, 0.15) is 22.3 Å². The van der Waals surface area contributed by atoms with Crippen LogP contribution in [0.1, 0.15) is 40.5 Å². The summed E-state index contributed by atoms with van der Waals surface area (Å²) in [6.45, 7) is 6.35. The molecule has 0 fully saturated rings. The number of nitrogens with one attached hydrogen (secondary N) is 1. The molecule has 0 atom stereocenters. The number of carbonyl (C=O) groups excluding carboxylic acids is 1. The number of amides is 1. The Morgan fingerprint density at radius 3 is 2.00 bits per heavy atom. The number of halogens is 2. The highest BCUT2D eigenvalue weighted by Gasteiger charge is 2.15. The maximum absolute atomic E-state index is 13.3. The van der Waals surface area contributed by atoms with Crippen LogP contribution in [0.15, 0.2) is 53.9 Å². The van der Waals surface area contributed by atoms with Gasteiger partial charge in [0.05, 0.1) is 6.54 Å². The molecule has 0 unspecified atom stereocenters. The molecule has 0 radical (unpaired) electrons. The van der Waals surface area contributed by atoms with Crippen molar-refractivity contribution in [3.05, 3.63) is 87.4 Å². The van der Waals surface area contributed by atoms with Gasteiger partial charge < -0.3 is 5.32 Å². The molecule has 0 saturated carbocycles. The van der Waals surface area contributed by atoms with Gasteiger partial charge in [-0.25, -0.2) is 13.8 Å². The van der Waals surface area contributed by atoms with Crippen LogP contribution in [0.5, 0.6) is 0 Å². The normalized spacial score (nSPS) is 11.3. The lowest BCUT2D eigenvalue weighted by Crippen LogP contribution is -2.27. The zero-order valence-electron chi connectivity index (χ0n) is 17.1. The fourth-order valence-corrected chi connectivity index (χ4v) is 3.75. The Bertz CT molecular complexity index is 908. The third kappa shape index (κ3) is 6.71. The van der Waals surface area contributed by atoms with Crippen molar-refractivity contribution in [1.29, 1.82) is 0 Å². The first kappa shape index (κ1) is 22.1. The lowest BCUT2D eigenvalue weighted by Gasteiger charge is -2.21. The van der Waals surface area contributed by atoms with Gasteiger partial charge >= 0.3 is 0 Å². The van der Waals surface area contributed by atoms with Crippen molar-refractivity contribution in [3.63, 3.8) is 0 Å². The second kappa shape index (κ2) is 10.4. The van der Waals surface area contributed by atoms with E-state index in [0.717, 1.165) is 16.1 Å². The summed E-state index contributed by atoms with van der Waals surface area (Å²) in [4.78, 5) is 18.9. The standard InChI is InChI=1S/C23H25F2N3OS/c1-16(2)11-26-23(29)21-15-30-22(27-21)14-28(12-17-3-7-19(24)8-4-17)13-18-5-9-20(25)10-6-18/h3-10,15-16H,11-14H2,1-2H3,(H,26,29). The molecule has 1 amide bonds. The molecule has 7 heteroatoms. The number of nitrogens with zero attached hydrogens (tertiary/aromatic N) is 2. The molecule has 0 saturated heterocycles. The van der Waals surface area contributed by atoms with Crippen molar-refractivity contribution in [2.45, 2.75) is 33.5 Å². The largest absolute Gasteiger partial charge is 0.350 e. The fourth-order valence-electron chi connectivity index (χ4n) is 2.93. The van der Waals surface area contributed by atoms with Gasteiger partial charge in [0.25, 0.3) is 5.91 Å². The first-order valence-corrected chi connectivity index (χ1v) is 10.7. The second-order valence-electron chi connectivity index (χ2n) is 7.63. The predicted octanol–water partition coefficient (Wildman–Crippen LogP) is 5.01. The highest BCUT2D eigenvalue weighted by atomic mass is 32.1. The number of hydrogen-bond donors (Lipinski definition) is 1. The van der Waals surface area contributed by atoms with E-state index in [1.165, 1.54) is 35.6 Å². The summed E-state index contributed by atoms with van der Waals surface area (Å²) >= 11 is 1.43. The smallest absolute Gasteiger partial charge is 0.270 e. The minimum atomic E-state index is -0.277. The summed E-state index contributed by atoms with van der Waals surface area (Å²) in [5.41, 5.74) is 2.34. The zero-order valence-corrected chi connectivity index (χ0v) is 17.9. The van der Waals surface area contributed by atoms with Gasteiger partial charge in [0.15, 0.2) is 0 Å². The highest BCUT2D eigenvalue weighted by molar-refractivity contribution is 7.09. The van der Waals surface area contributed by atoms with Gasteiger partial charge in [-0.3, -0.25) is 9.69 Å². The van der Waals surface area contributed by atoms with Crippen molar-refractivity contribution in [1.82, 2.24) is 15.2 Å². The van der Waals surface area contributed by atoms with E-state index in [-0.39, 0.29) is 17.5 Å². The Kier molecular flexibility index (Phi) is 7.65. The number of hydrogen-bond acceptors (Lipinski definition) is 4. The third-order valence-corrected chi connectivity index (χ3v) is 5.29. The first-order valence-electron chi connectivity index (χ1n) is 9.83. The Labute approximate surface area is 179 Å². The first-order chi connectivity index (χ1) is 14.4. The average Bonchev–Trinajstić information content (AvgIpc) is 3.18. The van der Waals surface area contributed by atoms with Crippen LogP contribution >= 0.6 is 11.3 Å². The SMILES string of the molecule is CC(C)CNC(=O)c1csc(CN(Cc2ccc(F)cc2)Cc2ccc(F)cc2)n1. The number of carbonyl (C=O) groups is 1. The van der Waals surface area contributed by atoms with Crippen molar-refractivity contribution in [2.75, 3.05) is 6.54 Å². The Morgan fingerprint density at radius 2 is 1.50 bits per heavy atom. The van der Waals surface area contributed by atoms with Gasteiger partial charge in [0, 0.05) is 25.0 Å². The summed E-state index contributed by atoms with van der Waals surface area (Å²) in [7, 11) is 0. The molecule has 4 nitrogen and oxygen atoms in total. The van der Waals surface area contributed by atoms with Crippen LogP contribution in [0.3, 0.4) is 0 Å². The summed E-state index contributed by atoms with van der Waals surface area (Å²) in [5.74, 6) is -0.356. The van der Waals surface area contributed by atoms with Crippen molar-refractivity contribution >= 4 is 17.2 Å². The van der Waals surface area contributed by atoms with Crippen LogP contribution < -0.4 is 5.32 Å². The molecule has 0 aliphatic rings. The summed E-state index contributed by atoms with van der Waals surface area (Å²) < 4.78 is 26.5. The van der Waals surface area contributed by atoms with Gasteiger partial charge in [0.2, 0.25) is 0 Å². The quantitative estimate of drug-likeness (QED) is 0.520. The monoisotopic (exact) mass is 429 g/mol. The Hall–Kier alpha value is -2.64. The molecule has 0 aliphatic carbocycles. The number of thiazole rings is 1. The van der Waals surface area contributed by atoms with E-state index in [1.807, 2.05) is 13.8 Å². The molecule has 1 N–H and O–H groups in total. The Balaban J connectivity index is 1.72. The van der Waals surface area contributed by atoms with Gasteiger partial charge in [-0.2, -0.15) is 0 Å². The maximum Gasteiger partial charge on any atom is 0.270 e. The van der Waals surface area contributed by atoms with Gasteiger partial charge in [-0.15, -0.1) is 11.3 Å². The summed E-state index contributed by atoms with van der Waals surface area (Å²) in [6, 6.07) is 12.7. The van der Waals surface area contributed by atoms with E-state index in [2.05, 4.69) is 15.2 Å². The predicted molar refractivity (Wildman–Crippen MR) is 115 cm³/mol. The number of aromatic nitrogens is 1. The average molecular weight is 430 g/mol. The molecule has 1 aromatic heterocycles. The van der Waals surface area contributed by atoms with E-state index >= 15 is 0 Å². The van der Waals surface area contributed by atoms with E-state index < -0.39 is 0 Å². The zero-order chi connectivity index (χ0) is 21.5. The lowest BCUT2D eigenvalue weighted by atomic mass is 10.1. The number of benzene rings is 2. The van der Waals surface area contributed by atoms with E-state index in [0.29, 0.717) is 37.8 Å². The van der Waals surface area contributed by atoms with Crippen LogP contribution in [0.25, 0.3) is 0 Å². The van der Waals surface area contributed by atoms with Crippen LogP contribution in [0.4, 0.5) is 8.78 Å². The molecule has 30 heavy (non-hydrogen) atoms. The van der Waals surface area contributed by atoms with Crippen molar-refractivity contribution in [2.24, 2.45) is 5.92 Å². The van der Waals surface area contributed by atoms with Gasteiger partial charge in [-0.05, 0) is 41.3 Å². The van der Waals surface area contributed by atoms with E-state index in [4.69, 9.17) is 0 Å². The molecular formula is C23H25F2N3OS. The Morgan fingerprint density at radius 1 is 0.967 bits per heavy atom. The molecule has 0 spiro atoms. The van der Waals surface area contributed by atoms with E-state index in [9.17, 15) is 13.6 Å². The lowest BCUT2D eigenvalue weighted by molar-refractivity contribution is 0.0944. The van der Waals surface area contributed by atoms with Gasteiger partial charge in [-0.1, -0.05) is 38.1 Å². The van der Waals surface area contributed by atoms with Crippen LogP contribution in [0.2, 0.25) is 0 Å². The highest BCUT2D eigenvalue weighted by Crippen LogP contribution is 2.18. The molecule has 0 aliphatic heterocycles. The van der Waals surface area contributed by atoms with Crippen molar-refractivity contribution < 1.29 is 13.6 Å². The summed E-state index contributed by atoms with van der Waals surface area (Å²) in [5, 5.41) is 5.45. The fraction of sp³-hybridized carbons (Fsp3) is 0.304. The molecule has 158 valence electrons. The maximum atomic E-state index is 13.3. The molecule has 2 aromatic carbocycles. The molecule has 3 aromatic rings. The van der Waals surface area contributed by atoms with Crippen LogP contribution in [0, 0.1) is 17.6 Å². The molecule has 0 bridgehead atoms. The molecular weight excluding hydrogens is 404 g/mol. The molecule has 1 heterocycles. The minimum absolute atomic E-state index is 0.171. The minimum Gasteiger partial charge on any atom is -0.350 e. The van der Waals surface area contributed by atoms with Crippen LogP contribution in [-0.2, 0) is 19.6 Å². The molecule has 3 rings (SSSR count). The summed E-state index contributed by atoms with van der Waals surface area (Å²) in [6.07, 6.45) is 0. The third-order valence-electron chi connectivity index (χ3n) is 4.45. The van der Waals surface area contributed by atoms with Crippen LogP contribution in [-0.4, -0.2) is 22.3 Å². The topological polar surface area (TPSA) is 45.2 Å². The second-order valence-corrected chi connectivity index (χ2v) is 8.57. The van der Waals surface area contributed by atoms with E-state index in [1.54, 1.807) is 29.6 Å². The number of rotatable bonds is 9. The van der Waals surface area contributed by atoms with Crippen molar-refractivity contribution in [3.8, 4) is 0 Å².